The van der Waals surface area contributed by atoms with Crippen molar-refractivity contribution in [1.82, 2.24) is 47.1 Å². The number of primary amides is 1. The van der Waals surface area contributed by atoms with Crippen LogP contribution in [-0.4, -0.2) is 158 Å². The predicted octanol–water partition coefficient (Wildman–Crippen LogP) is -2.63. The molecule has 392 valence electrons. The molecule has 0 unspecified atom stereocenters. The number of amides is 9. The number of hydrogen-bond donors (Lipinski definition) is 13. The molecule has 0 radical (unpaired) electrons. The Balaban J connectivity index is 1.72. The summed E-state index contributed by atoms with van der Waals surface area (Å²) in [7, 11) is 0. The SMILES string of the molecule is CC(C)C[C@H](NC(=O)[C@H](Cc1c[nH]c2ccccc12)NC(=O)[C@H](C)NC(=O)CNC(=O)[C@H](CCC(N)=O)NC(=O)[C@H](CCC(=O)O)NC(=O)[C@@H]1CCCN1C(=O)[C@H](CC(C)C)NC(=O)[C@@H](N)CO)C(=O)O. The van der Waals surface area contributed by atoms with Gasteiger partial charge in [-0.2, -0.15) is 0 Å². The van der Waals surface area contributed by atoms with Gasteiger partial charge in [0.05, 0.1) is 13.2 Å². The zero-order valence-electron chi connectivity index (χ0n) is 40.6. The topological polar surface area (TPSA) is 404 Å². The summed E-state index contributed by atoms with van der Waals surface area (Å²) in [6.45, 7) is 7.12. The zero-order chi connectivity index (χ0) is 53.1. The molecule has 2 aromatic rings. The van der Waals surface area contributed by atoms with Crippen LogP contribution in [0, 0.1) is 11.8 Å². The third-order valence-electron chi connectivity index (χ3n) is 11.5. The van der Waals surface area contributed by atoms with Crippen molar-refractivity contribution in [3.8, 4) is 0 Å². The lowest BCUT2D eigenvalue weighted by molar-refractivity contribution is -0.143. The Labute approximate surface area is 410 Å². The van der Waals surface area contributed by atoms with Gasteiger partial charge in [-0.05, 0) is 68.9 Å². The highest BCUT2D eigenvalue weighted by atomic mass is 16.4. The first-order valence-corrected chi connectivity index (χ1v) is 23.5. The number of fused-ring (bicyclic) bond motifs is 1. The molecule has 1 fully saturated rings. The molecule has 9 amide bonds. The van der Waals surface area contributed by atoms with E-state index in [1.165, 1.54) is 11.8 Å². The number of aliphatic hydroxyl groups excluding tert-OH is 1. The first-order chi connectivity index (χ1) is 33.4. The number of carbonyl (C=O) groups is 11. The van der Waals surface area contributed by atoms with E-state index in [1.807, 2.05) is 6.07 Å². The van der Waals surface area contributed by atoms with Gasteiger partial charge in [0.15, 0.2) is 0 Å². The van der Waals surface area contributed by atoms with E-state index in [-0.39, 0.29) is 44.1 Å². The average Bonchev–Trinajstić information content (AvgIpc) is 3.97. The van der Waals surface area contributed by atoms with E-state index >= 15 is 0 Å². The number of carboxylic acid groups (broad SMARTS) is 2. The summed E-state index contributed by atoms with van der Waals surface area (Å²) in [5.74, 6) is -10.5. The highest BCUT2D eigenvalue weighted by molar-refractivity contribution is 5.98. The van der Waals surface area contributed by atoms with Crippen LogP contribution in [0.2, 0.25) is 0 Å². The van der Waals surface area contributed by atoms with Gasteiger partial charge in [0.25, 0.3) is 0 Å². The number of aliphatic hydroxyl groups is 1. The van der Waals surface area contributed by atoms with Crippen LogP contribution in [0.15, 0.2) is 30.5 Å². The molecular weight excluding hydrogens is 931 g/mol. The molecule has 1 aliphatic rings. The fourth-order valence-electron chi connectivity index (χ4n) is 7.83. The summed E-state index contributed by atoms with van der Waals surface area (Å²) in [6, 6.07) is -3.42. The summed E-state index contributed by atoms with van der Waals surface area (Å²) >= 11 is 0. The van der Waals surface area contributed by atoms with Crippen molar-refractivity contribution in [1.29, 1.82) is 0 Å². The normalized spacial score (nSPS) is 16.4. The van der Waals surface area contributed by atoms with Crippen LogP contribution >= 0.6 is 0 Å². The Morgan fingerprint density at radius 1 is 0.718 bits per heavy atom. The lowest BCUT2D eigenvalue weighted by Crippen LogP contribution is -2.59. The minimum absolute atomic E-state index is 0.0628. The monoisotopic (exact) mass is 1000 g/mol. The van der Waals surface area contributed by atoms with E-state index in [9.17, 15) is 68.1 Å². The summed E-state index contributed by atoms with van der Waals surface area (Å²) in [6.07, 6.45) is 0.410. The number of aliphatic carboxylic acids is 2. The molecule has 0 bridgehead atoms. The summed E-state index contributed by atoms with van der Waals surface area (Å²) in [4.78, 5) is 147. The van der Waals surface area contributed by atoms with Crippen LogP contribution in [0.3, 0.4) is 0 Å². The Morgan fingerprint density at radius 2 is 1.30 bits per heavy atom. The molecule has 15 N–H and O–H groups in total. The Kier molecular flexibility index (Phi) is 22.8. The number of nitrogens with one attached hydrogen (secondary N) is 8. The van der Waals surface area contributed by atoms with Crippen molar-refractivity contribution in [3.63, 3.8) is 0 Å². The molecule has 8 atom stereocenters. The van der Waals surface area contributed by atoms with Crippen molar-refractivity contribution in [3.05, 3.63) is 36.0 Å². The number of carbonyl (C=O) groups excluding carboxylic acids is 9. The molecular formula is C46H69N11O14. The maximum Gasteiger partial charge on any atom is 0.326 e. The number of benzene rings is 1. The van der Waals surface area contributed by atoms with Gasteiger partial charge < -0.3 is 73.9 Å². The van der Waals surface area contributed by atoms with E-state index in [0.717, 1.165) is 10.9 Å². The van der Waals surface area contributed by atoms with E-state index in [4.69, 9.17) is 11.5 Å². The highest BCUT2D eigenvalue weighted by Crippen LogP contribution is 2.22. The number of rotatable bonds is 29. The molecule has 0 spiro atoms. The minimum Gasteiger partial charge on any atom is -0.481 e. The molecule has 2 heterocycles. The number of nitrogens with two attached hydrogens (primary N) is 2. The number of hydrogen-bond acceptors (Lipinski definition) is 13. The number of aromatic amines is 1. The van der Waals surface area contributed by atoms with Gasteiger partial charge in [0.1, 0.15) is 48.3 Å². The molecule has 25 nitrogen and oxygen atoms in total. The van der Waals surface area contributed by atoms with Crippen LogP contribution in [0.25, 0.3) is 10.9 Å². The van der Waals surface area contributed by atoms with Crippen molar-refractivity contribution < 1.29 is 68.1 Å². The first kappa shape index (κ1) is 58.2. The number of para-hydroxylation sites is 1. The Morgan fingerprint density at radius 3 is 1.92 bits per heavy atom. The fraction of sp³-hybridized carbons (Fsp3) is 0.587. The lowest BCUT2D eigenvalue weighted by Gasteiger charge is -2.31. The Hall–Kier alpha value is -7.15. The molecule has 1 saturated heterocycles. The molecule has 71 heavy (non-hydrogen) atoms. The maximum absolute atomic E-state index is 13.8. The van der Waals surface area contributed by atoms with Gasteiger partial charge in [0, 0.05) is 42.9 Å². The van der Waals surface area contributed by atoms with Crippen LogP contribution in [0.1, 0.15) is 91.5 Å². The van der Waals surface area contributed by atoms with Gasteiger partial charge in [-0.3, -0.25) is 47.9 Å². The highest BCUT2D eigenvalue weighted by Gasteiger charge is 2.40. The standard InChI is InChI=1S/C46H69N11O14/c1-23(2)17-33(55-40(64)28(47)22-58)45(69)57-16-8-11-35(57)44(68)53-31(13-15-38(61)62)42(66)52-30(12-14-36(48)59)41(65)50-21-37(60)51-25(5)39(63)54-32(43(67)56-34(46(70)71)18-24(3)4)19-26-20-49-29-10-7-6-9-27(26)29/h6-7,9-10,20,23-25,28,30-35,49,58H,8,11-19,21-22,47H2,1-5H3,(H2,48,59)(H,50,65)(H,51,60)(H,52,66)(H,53,68)(H,54,63)(H,55,64)(H,56,67)(H,61,62)(H,70,71)/t25-,28-,30-,31-,32-,33-,34-,35-/m0/s1. The summed E-state index contributed by atoms with van der Waals surface area (Å²) in [5.41, 5.74) is 12.4. The van der Waals surface area contributed by atoms with Gasteiger partial charge in [-0.1, -0.05) is 45.9 Å². The van der Waals surface area contributed by atoms with Gasteiger partial charge in [0.2, 0.25) is 53.2 Å². The van der Waals surface area contributed by atoms with Crippen LogP contribution in [-0.2, 0) is 59.2 Å². The molecule has 0 aliphatic carbocycles. The van der Waals surface area contributed by atoms with Gasteiger partial charge in [-0.25, -0.2) is 4.79 Å². The fourth-order valence-corrected chi connectivity index (χ4v) is 7.83. The molecule has 1 aliphatic heterocycles. The van der Waals surface area contributed by atoms with E-state index < -0.39 is 152 Å². The number of aromatic nitrogens is 1. The molecule has 1 aromatic carbocycles. The number of likely N-dealkylation sites (tertiary alicyclic amines) is 1. The molecule has 0 saturated carbocycles. The quantitative estimate of drug-likeness (QED) is 0.0397. The van der Waals surface area contributed by atoms with Crippen molar-refractivity contribution >= 4 is 76.0 Å². The second kappa shape index (κ2) is 27.9. The molecule has 25 heteroatoms. The number of carboxylic acids is 2. The summed E-state index contributed by atoms with van der Waals surface area (Å²) in [5, 5.41) is 46.5. The molecule has 3 rings (SSSR count). The van der Waals surface area contributed by atoms with Crippen molar-refractivity contribution in [2.75, 3.05) is 19.7 Å². The zero-order valence-corrected chi connectivity index (χ0v) is 40.6. The van der Waals surface area contributed by atoms with Crippen LogP contribution < -0.4 is 48.7 Å². The largest absolute Gasteiger partial charge is 0.481 e. The predicted molar refractivity (Wildman–Crippen MR) is 254 cm³/mol. The summed E-state index contributed by atoms with van der Waals surface area (Å²) < 4.78 is 0. The smallest absolute Gasteiger partial charge is 0.326 e. The third kappa shape index (κ3) is 18.6. The van der Waals surface area contributed by atoms with Gasteiger partial charge >= 0.3 is 11.9 Å². The maximum atomic E-state index is 13.8. The van der Waals surface area contributed by atoms with Crippen molar-refractivity contribution in [2.45, 2.75) is 141 Å². The van der Waals surface area contributed by atoms with E-state index in [2.05, 4.69) is 42.2 Å². The van der Waals surface area contributed by atoms with Crippen molar-refractivity contribution in [2.24, 2.45) is 23.3 Å². The first-order valence-electron chi connectivity index (χ1n) is 23.5. The Bertz CT molecular complexity index is 2250. The second-order valence-corrected chi connectivity index (χ2v) is 18.4. The van der Waals surface area contributed by atoms with Crippen LogP contribution in [0.4, 0.5) is 0 Å². The number of H-pyrrole nitrogens is 1. The van der Waals surface area contributed by atoms with E-state index in [1.54, 1.807) is 52.1 Å². The van der Waals surface area contributed by atoms with Crippen LogP contribution in [0.5, 0.6) is 0 Å². The lowest BCUT2D eigenvalue weighted by atomic mass is 10.0. The number of nitrogens with zero attached hydrogens (tertiary/aromatic N) is 1. The molecule has 1 aromatic heterocycles. The minimum atomic E-state index is -1.59. The van der Waals surface area contributed by atoms with Gasteiger partial charge in [-0.15, -0.1) is 0 Å². The van der Waals surface area contributed by atoms with E-state index in [0.29, 0.717) is 12.0 Å². The third-order valence-corrected chi connectivity index (χ3v) is 11.5. The second-order valence-electron chi connectivity index (χ2n) is 18.4. The average molecular weight is 1000 g/mol.